The van der Waals surface area contributed by atoms with Gasteiger partial charge in [-0.1, -0.05) is 0 Å². The van der Waals surface area contributed by atoms with Gasteiger partial charge in [-0.25, -0.2) is 0 Å². The molecule has 0 saturated heterocycles. The first-order valence-corrected chi connectivity index (χ1v) is 5.32. The fourth-order valence-electron chi connectivity index (χ4n) is 1.40. The lowest BCUT2D eigenvalue weighted by Gasteiger charge is -2.16. The van der Waals surface area contributed by atoms with Gasteiger partial charge in [0.1, 0.15) is 0 Å². The Morgan fingerprint density at radius 3 is 1.94 bits per heavy atom. The minimum Gasteiger partial charge on any atom is -0.493 e. The second kappa shape index (κ2) is 5.82. The van der Waals surface area contributed by atoms with Crippen LogP contribution >= 0.6 is 11.6 Å². The number of rotatable bonds is 5. The van der Waals surface area contributed by atoms with Gasteiger partial charge in [-0.2, -0.15) is 0 Å². The molecule has 16 heavy (non-hydrogen) atoms. The van der Waals surface area contributed by atoms with Crippen LogP contribution in [-0.2, 0) is 0 Å². The van der Waals surface area contributed by atoms with Crippen molar-refractivity contribution in [1.82, 2.24) is 0 Å². The molecule has 1 aromatic carbocycles. The molecule has 0 heterocycles. The van der Waals surface area contributed by atoms with Crippen molar-refractivity contribution in [1.29, 1.82) is 0 Å². The monoisotopic (exact) mass is 245 g/mol. The summed E-state index contributed by atoms with van der Waals surface area (Å²) in [7, 11) is 4.68. The zero-order chi connectivity index (χ0) is 12.1. The first-order valence-electron chi connectivity index (χ1n) is 4.79. The van der Waals surface area contributed by atoms with Gasteiger partial charge in [0.25, 0.3) is 0 Å². The molecule has 0 radical (unpaired) electrons. The van der Waals surface area contributed by atoms with E-state index < -0.39 is 0 Å². The molecule has 0 aliphatic carbocycles. The molecule has 0 aliphatic heterocycles. The highest BCUT2D eigenvalue weighted by atomic mass is 35.5. The second-order valence-corrected chi connectivity index (χ2v) is 3.53. The quantitative estimate of drug-likeness (QED) is 0.806. The van der Waals surface area contributed by atoms with E-state index >= 15 is 0 Å². The van der Waals surface area contributed by atoms with Gasteiger partial charge >= 0.3 is 0 Å². The zero-order valence-corrected chi connectivity index (χ0v) is 10.4. The number of benzene rings is 1. The van der Waals surface area contributed by atoms with Crippen molar-refractivity contribution < 1.29 is 14.2 Å². The summed E-state index contributed by atoms with van der Waals surface area (Å²) in [6.45, 7) is 0. The van der Waals surface area contributed by atoms with E-state index in [1.807, 2.05) is 0 Å². The number of ether oxygens (including phenoxy) is 3. The van der Waals surface area contributed by atoms with Gasteiger partial charge in [-0.3, -0.25) is 0 Å². The maximum absolute atomic E-state index is 5.85. The number of nitrogens with two attached hydrogens (primary N) is 1. The van der Waals surface area contributed by atoms with Gasteiger partial charge in [0.2, 0.25) is 5.75 Å². The highest BCUT2D eigenvalue weighted by Crippen LogP contribution is 2.39. The Balaban J connectivity index is 3.25. The number of hydrogen-bond acceptors (Lipinski definition) is 4. The van der Waals surface area contributed by atoms with E-state index in [2.05, 4.69) is 0 Å². The largest absolute Gasteiger partial charge is 0.493 e. The minimum atomic E-state index is -0.254. The van der Waals surface area contributed by atoms with Crippen LogP contribution in [0.25, 0.3) is 0 Å². The second-order valence-electron chi connectivity index (χ2n) is 3.22. The van der Waals surface area contributed by atoms with Crippen LogP contribution in [0.15, 0.2) is 12.1 Å². The van der Waals surface area contributed by atoms with Gasteiger partial charge in [-0.05, 0) is 17.7 Å². The summed E-state index contributed by atoms with van der Waals surface area (Å²) in [5.74, 6) is 2.05. The van der Waals surface area contributed by atoms with Crippen LogP contribution in [0.2, 0.25) is 0 Å². The number of halogens is 1. The molecule has 1 aromatic rings. The summed E-state index contributed by atoms with van der Waals surface area (Å²) in [5, 5.41) is 0. The summed E-state index contributed by atoms with van der Waals surface area (Å²) in [5.41, 5.74) is 6.70. The lowest BCUT2D eigenvalue weighted by Crippen LogP contribution is -2.12. The third kappa shape index (κ3) is 2.51. The van der Waals surface area contributed by atoms with E-state index in [1.165, 1.54) is 0 Å². The Hall–Kier alpha value is -1.13. The molecule has 0 aliphatic rings. The van der Waals surface area contributed by atoms with Crippen LogP contribution in [0.4, 0.5) is 0 Å². The summed E-state index contributed by atoms with van der Waals surface area (Å²) < 4.78 is 15.6. The summed E-state index contributed by atoms with van der Waals surface area (Å²) in [6.07, 6.45) is 0. The minimum absolute atomic E-state index is 0.254. The van der Waals surface area contributed by atoms with E-state index in [-0.39, 0.29) is 6.04 Å². The van der Waals surface area contributed by atoms with E-state index in [0.717, 1.165) is 5.56 Å². The molecular formula is C11H16ClNO3. The fourth-order valence-corrected chi connectivity index (χ4v) is 1.58. The Kier molecular flexibility index (Phi) is 4.71. The van der Waals surface area contributed by atoms with Crippen molar-refractivity contribution in [3.05, 3.63) is 17.7 Å². The molecule has 5 heteroatoms. The first-order chi connectivity index (χ1) is 7.67. The Morgan fingerprint density at radius 1 is 1.12 bits per heavy atom. The van der Waals surface area contributed by atoms with Crippen LogP contribution < -0.4 is 19.9 Å². The van der Waals surface area contributed by atoms with Crippen LogP contribution in [0.1, 0.15) is 11.6 Å². The van der Waals surface area contributed by atoms with Gasteiger partial charge in [0.15, 0.2) is 11.5 Å². The molecule has 1 atom stereocenters. The third-order valence-corrected chi connectivity index (χ3v) is 2.61. The fraction of sp³-hybridized carbons (Fsp3) is 0.455. The molecule has 4 nitrogen and oxygen atoms in total. The molecule has 0 bridgehead atoms. The SMILES string of the molecule is COc1cc(C(N)CCl)cc(OC)c1OC. The maximum atomic E-state index is 5.85. The molecule has 0 amide bonds. The van der Waals surface area contributed by atoms with Crippen molar-refractivity contribution in [2.24, 2.45) is 5.73 Å². The van der Waals surface area contributed by atoms with E-state index in [0.29, 0.717) is 23.1 Å². The van der Waals surface area contributed by atoms with Crippen LogP contribution in [0.5, 0.6) is 17.2 Å². The molecule has 0 spiro atoms. The molecule has 90 valence electrons. The molecule has 1 unspecified atom stereocenters. The van der Waals surface area contributed by atoms with Gasteiger partial charge in [-0.15, -0.1) is 11.6 Å². The van der Waals surface area contributed by atoms with Crippen LogP contribution in [-0.4, -0.2) is 27.2 Å². The van der Waals surface area contributed by atoms with E-state index in [4.69, 9.17) is 31.5 Å². The standard InChI is InChI=1S/C11H16ClNO3/c1-14-9-4-7(8(13)6-12)5-10(15-2)11(9)16-3/h4-5,8H,6,13H2,1-3H3. The topological polar surface area (TPSA) is 53.7 Å². The lowest BCUT2D eigenvalue weighted by atomic mass is 10.1. The highest BCUT2D eigenvalue weighted by molar-refractivity contribution is 6.18. The van der Waals surface area contributed by atoms with Gasteiger partial charge in [0, 0.05) is 11.9 Å². The van der Waals surface area contributed by atoms with Crippen molar-refractivity contribution >= 4 is 11.6 Å². The van der Waals surface area contributed by atoms with Gasteiger partial charge < -0.3 is 19.9 Å². The van der Waals surface area contributed by atoms with Crippen molar-refractivity contribution in [3.63, 3.8) is 0 Å². The third-order valence-electron chi connectivity index (χ3n) is 2.28. The van der Waals surface area contributed by atoms with Crippen LogP contribution in [0, 0.1) is 0 Å². The van der Waals surface area contributed by atoms with Crippen molar-refractivity contribution in [3.8, 4) is 17.2 Å². The number of hydrogen-bond donors (Lipinski definition) is 1. The average molecular weight is 246 g/mol. The normalized spacial score (nSPS) is 12.1. The Labute approximate surface area is 100 Å². The maximum Gasteiger partial charge on any atom is 0.203 e. The molecule has 0 aromatic heterocycles. The molecule has 1 rings (SSSR count). The average Bonchev–Trinajstić information content (AvgIpc) is 2.35. The van der Waals surface area contributed by atoms with E-state index in [1.54, 1.807) is 33.5 Å². The van der Waals surface area contributed by atoms with Crippen molar-refractivity contribution in [2.45, 2.75) is 6.04 Å². The lowest BCUT2D eigenvalue weighted by molar-refractivity contribution is 0.323. The number of alkyl halides is 1. The molecule has 2 N–H and O–H groups in total. The number of methoxy groups -OCH3 is 3. The van der Waals surface area contributed by atoms with Crippen LogP contribution in [0.3, 0.4) is 0 Å². The summed E-state index contributed by atoms with van der Waals surface area (Å²) >= 11 is 5.71. The van der Waals surface area contributed by atoms with E-state index in [9.17, 15) is 0 Å². The first kappa shape index (κ1) is 12.9. The molecular weight excluding hydrogens is 230 g/mol. The Morgan fingerprint density at radius 2 is 1.62 bits per heavy atom. The smallest absolute Gasteiger partial charge is 0.203 e. The predicted octanol–water partition coefficient (Wildman–Crippen LogP) is 1.95. The Bertz CT molecular complexity index is 332. The predicted molar refractivity (Wildman–Crippen MR) is 63.7 cm³/mol. The van der Waals surface area contributed by atoms with Gasteiger partial charge in [0.05, 0.1) is 21.3 Å². The zero-order valence-electron chi connectivity index (χ0n) is 9.62. The summed E-state index contributed by atoms with van der Waals surface area (Å²) in [6, 6.07) is 3.35. The van der Waals surface area contributed by atoms with Crippen molar-refractivity contribution in [2.75, 3.05) is 27.2 Å². The molecule has 0 saturated carbocycles. The highest BCUT2D eigenvalue weighted by Gasteiger charge is 2.15. The summed E-state index contributed by atoms with van der Waals surface area (Å²) in [4.78, 5) is 0. The molecule has 0 fully saturated rings.